The van der Waals surface area contributed by atoms with Crippen LogP contribution in [0.25, 0.3) is 0 Å². The molecule has 1 aromatic heterocycles. The van der Waals surface area contributed by atoms with Crippen LogP contribution in [-0.2, 0) is 16.0 Å². The summed E-state index contributed by atoms with van der Waals surface area (Å²) in [5.41, 5.74) is 2.29. The molecule has 0 radical (unpaired) electrons. The van der Waals surface area contributed by atoms with Gasteiger partial charge in [0.25, 0.3) is 0 Å². The highest BCUT2D eigenvalue weighted by Crippen LogP contribution is 2.32. The van der Waals surface area contributed by atoms with Crippen molar-refractivity contribution in [3.8, 4) is 0 Å². The van der Waals surface area contributed by atoms with Crippen molar-refractivity contribution in [1.29, 1.82) is 0 Å². The van der Waals surface area contributed by atoms with Gasteiger partial charge in [-0.25, -0.2) is 4.98 Å². The van der Waals surface area contributed by atoms with E-state index in [-0.39, 0.29) is 11.4 Å². The van der Waals surface area contributed by atoms with Crippen LogP contribution < -0.4 is 4.90 Å². The molecule has 1 aromatic carbocycles. The highest BCUT2D eigenvalue weighted by atomic mass is 16.5. The molecule has 1 amide bonds. The Hall–Kier alpha value is -2.28. The first-order chi connectivity index (χ1) is 16.1. The summed E-state index contributed by atoms with van der Waals surface area (Å²) < 4.78 is 5.76. The number of ether oxygens (including phenoxy) is 1. The van der Waals surface area contributed by atoms with Gasteiger partial charge in [0, 0.05) is 70.1 Å². The molecule has 2 aliphatic heterocycles. The van der Waals surface area contributed by atoms with Crippen LogP contribution in [0.1, 0.15) is 37.4 Å². The molecule has 33 heavy (non-hydrogen) atoms. The number of piperazine rings is 1. The molecule has 3 heterocycles. The summed E-state index contributed by atoms with van der Waals surface area (Å²) in [6.45, 7) is 11.4. The summed E-state index contributed by atoms with van der Waals surface area (Å²) in [5, 5.41) is 0. The second kappa shape index (κ2) is 11.2. The highest BCUT2D eigenvalue weighted by Gasteiger charge is 2.42. The van der Waals surface area contributed by atoms with Crippen LogP contribution in [0.15, 0.2) is 48.5 Å². The molecule has 2 fully saturated rings. The Bertz CT molecular complexity index is 890. The van der Waals surface area contributed by atoms with E-state index in [0.29, 0.717) is 13.0 Å². The van der Waals surface area contributed by atoms with E-state index in [1.54, 1.807) is 0 Å². The minimum absolute atomic E-state index is 0.0555. The maximum absolute atomic E-state index is 13.0. The van der Waals surface area contributed by atoms with Gasteiger partial charge in [0.1, 0.15) is 5.82 Å². The van der Waals surface area contributed by atoms with Gasteiger partial charge in [0.15, 0.2) is 0 Å². The van der Waals surface area contributed by atoms with Gasteiger partial charge in [0.05, 0.1) is 0 Å². The molecule has 178 valence electrons. The first kappa shape index (κ1) is 23.9. The van der Waals surface area contributed by atoms with Crippen LogP contribution in [0.2, 0.25) is 0 Å². The lowest BCUT2D eigenvalue weighted by Gasteiger charge is -2.51. The molecule has 2 aliphatic rings. The zero-order valence-corrected chi connectivity index (χ0v) is 20.2. The molecule has 0 saturated carbocycles. The average molecular weight is 451 g/mol. The number of hydrogen-bond donors (Lipinski definition) is 0. The number of rotatable bonds is 8. The number of nitrogens with zero attached hydrogens (tertiary/aromatic N) is 4. The highest BCUT2D eigenvalue weighted by molar-refractivity contribution is 5.92. The topological polar surface area (TPSA) is 48.9 Å². The molecule has 6 nitrogen and oxygen atoms in total. The number of aromatic nitrogens is 1. The largest absolute Gasteiger partial charge is 0.381 e. The third kappa shape index (κ3) is 5.99. The molecule has 2 aromatic rings. The number of hydrogen-bond acceptors (Lipinski definition) is 5. The Morgan fingerprint density at radius 3 is 2.42 bits per heavy atom. The minimum atomic E-state index is -0.0555. The van der Waals surface area contributed by atoms with Crippen LogP contribution in [0.3, 0.4) is 0 Å². The van der Waals surface area contributed by atoms with Gasteiger partial charge < -0.3 is 9.64 Å². The van der Waals surface area contributed by atoms with Gasteiger partial charge in [-0.1, -0.05) is 43.3 Å². The number of aryl methyl sites for hydroxylation is 1. The number of amides is 1. The van der Waals surface area contributed by atoms with Gasteiger partial charge in [-0.05, 0) is 43.9 Å². The first-order valence-corrected chi connectivity index (χ1v) is 12.4. The maximum atomic E-state index is 13.0. The zero-order valence-electron chi connectivity index (χ0n) is 20.2. The van der Waals surface area contributed by atoms with Crippen molar-refractivity contribution in [3.63, 3.8) is 0 Å². The van der Waals surface area contributed by atoms with Crippen molar-refractivity contribution in [3.05, 3.63) is 59.8 Å². The second-order valence-corrected chi connectivity index (χ2v) is 9.37. The summed E-state index contributed by atoms with van der Waals surface area (Å²) in [6.07, 6.45) is 3.49. The van der Waals surface area contributed by atoms with E-state index in [1.165, 1.54) is 5.56 Å². The molecule has 2 saturated heterocycles. The number of carbonyl (C=O) groups excluding carboxylic acids is 1. The predicted molar refractivity (Wildman–Crippen MR) is 133 cm³/mol. The molecule has 0 bridgehead atoms. The summed E-state index contributed by atoms with van der Waals surface area (Å²) in [5.74, 6) is 0.912. The first-order valence-electron chi connectivity index (χ1n) is 12.4. The molecule has 0 spiro atoms. The van der Waals surface area contributed by atoms with Crippen molar-refractivity contribution in [1.82, 2.24) is 14.8 Å². The van der Waals surface area contributed by atoms with Gasteiger partial charge in [0.2, 0.25) is 5.91 Å². The third-order valence-electron chi connectivity index (χ3n) is 7.23. The Balaban J connectivity index is 1.45. The van der Waals surface area contributed by atoms with Crippen LogP contribution in [0.5, 0.6) is 0 Å². The van der Waals surface area contributed by atoms with E-state index in [0.717, 1.165) is 76.7 Å². The van der Waals surface area contributed by atoms with Crippen LogP contribution >= 0.6 is 0 Å². The quantitative estimate of drug-likeness (QED) is 0.616. The van der Waals surface area contributed by atoms with Crippen LogP contribution in [-0.4, -0.2) is 78.7 Å². The van der Waals surface area contributed by atoms with Crippen molar-refractivity contribution in [2.75, 3.05) is 57.4 Å². The molecular weight excluding hydrogens is 412 g/mol. The molecule has 4 rings (SSSR count). The molecule has 0 unspecified atom stereocenters. The fourth-order valence-electron chi connectivity index (χ4n) is 5.16. The molecule has 0 atom stereocenters. The summed E-state index contributed by atoms with van der Waals surface area (Å²) in [7, 11) is 0. The number of benzene rings is 1. The summed E-state index contributed by atoms with van der Waals surface area (Å²) >= 11 is 0. The summed E-state index contributed by atoms with van der Waals surface area (Å²) in [4.78, 5) is 24.9. The monoisotopic (exact) mass is 450 g/mol. The van der Waals surface area contributed by atoms with E-state index >= 15 is 0 Å². The minimum Gasteiger partial charge on any atom is -0.381 e. The standard InChI is InChI=1S/C27H38N4O2/c1-3-26(32)31(25-11-7-8-23(2)28-25)22-27(13-20-33-21-14-27)30-18-16-29(17-19-30)15-12-24-9-5-4-6-10-24/h4-11H,3,12-22H2,1-2H3. The second-order valence-electron chi connectivity index (χ2n) is 9.37. The van der Waals surface area contributed by atoms with E-state index < -0.39 is 0 Å². The number of carbonyl (C=O) groups is 1. The molecule has 6 heteroatoms. The fourth-order valence-corrected chi connectivity index (χ4v) is 5.16. The van der Waals surface area contributed by atoms with Gasteiger partial charge in [-0.15, -0.1) is 0 Å². The van der Waals surface area contributed by atoms with E-state index in [4.69, 9.17) is 9.72 Å². The normalized spacial score (nSPS) is 19.3. The van der Waals surface area contributed by atoms with Crippen molar-refractivity contribution < 1.29 is 9.53 Å². The Labute approximate surface area is 198 Å². The Kier molecular flexibility index (Phi) is 8.12. The number of anilines is 1. The van der Waals surface area contributed by atoms with Gasteiger partial charge in [-0.2, -0.15) is 0 Å². The number of pyridine rings is 1. The predicted octanol–water partition coefficient (Wildman–Crippen LogP) is 3.54. The Morgan fingerprint density at radius 2 is 1.76 bits per heavy atom. The summed E-state index contributed by atoms with van der Waals surface area (Å²) in [6, 6.07) is 16.7. The zero-order chi connectivity index (χ0) is 23.1. The van der Waals surface area contributed by atoms with Crippen molar-refractivity contribution in [2.45, 2.75) is 45.1 Å². The van der Waals surface area contributed by atoms with Crippen molar-refractivity contribution >= 4 is 11.7 Å². The lowest BCUT2D eigenvalue weighted by atomic mass is 9.86. The lowest BCUT2D eigenvalue weighted by molar-refractivity contribution is -0.119. The SMILES string of the molecule is CCC(=O)N(CC1(N2CCN(CCc3ccccc3)CC2)CCOCC1)c1cccc(C)n1. The molecule has 0 N–H and O–H groups in total. The fraction of sp³-hybridized carbons (Fsp3) is 0.556. The van der Waals surface area contributed by atoms with E-state index in [1.807, 2.05) is 36.9 Å². The van der Waals surface area contributed by atoms with Crippen LogP contribution in [0.4, 0.5) is 5.82 Å². The van der Waals surface area contributed by atoms with Crippen LogP contribution in [0, 0.1) is 6.92 Å². The smallest absolute Gasteiger partial charge is 0.227 e. The van der Waals surface area contributed by atoms with Gasteiger partial charge in [-0.3, -0.25) is 14.6 Å². The van der Waals surface area contributed by atoms with Crippen molar-refractivity contribution in [2.24, 2.45) is 0 Å². The van der Waals surface area contributed by atoms with E-state index in [2.05, 4.69) is 40.1 Å². The maximum Gasteiger partial charge on any atom is 0.227 e. The van der Waals surface area contributed by atoms with Gasteiger partial charge >= 0.3 is 0 Å². The van der Waals surface area contributed by atoms with E-state index in [9.17, 15) is 4.79 Å². The molecular formula is C27H38N4O2. The molecule has 0 aliphatic carbocycles. The Morgan fingerprint density at radius 1 is 1.03 bits per heavy atom. The third-order valence-corrected chi connectivity index (χ3v) is 7.23. The lowest BCUT2D eigenvalue weighted by Crippen LogP contribution is -2.63. The average Bonchev–Trinajstić information content (AvgIpc) is 2.87.